The molecule has 0 aliphatic carbocycles. The van der Waals surface area contributed by atoms with Crippen LogP contribution in [0.4, 0.5) is 0 Å². The maximum Gasteiger partial charge on any atom is 0.212 e. The lowest BCUT2D eigenvalue weighted by Crippen LogP contribution is -2.07. The Kier molecular flexibility index (Phi) is 3.81. The summed E-state index contributed by atoms with van der Waals surface area (Å²) >= 11 is 1.62. The molecule has 0 fully saturated rings. The molecule has 2 N–H and O–H groups in total. The standard InChI is InChI=1S/C15H17N5S/c1-10-11(2)21-15(17-10)20-14(13(9-16)18-19-20)8-12-6-4-3-5-7-12/h3-7H,8-9,16H2,1-2H3. The largest absolute Gasteiger partial charge is 0.325 e. The second-order valence-corrected chi connectivity index (χ2v) is 6.08. The molecule has 0 spiro atoms. The van der Waals surface area contributed by atoms with E-state index < -0.39 is 0 Å². The molecule has 108 valence electrons. The van der Waals surface area contributed by atoms with Crippen molar-refractivity contribution in [2.24, 2.45) is 5.73 Å². The van der Waals surface area contributed by atoms with E-state index in [0.717, 1.165) is 28.6 Å². The SMILES string of the molecule is Cc1nc(-n2nnc(CN)c2Cc2ccccc2)sc1C. The summed E-state index contributed by atoms with van der Waals surface area (Å²) in [4.78, 5) is 5.76. The van der Waals surface area contributed by atoms with Crippen LogP contribution in [-0.4, -0.2) is 20.0 Å². The Morgan fingerprint density at radius 1 is 1.19 bits per heavy atom. The third-order valence-electron chi connectivity index (χ3n) is 3.45. The van der Waals surface area contributed by atoms with Crippen LogP contribution in [0.15, 0.2) is 30.3 Å². The fraction of sp³-hybridized carbons (Fsp3) is 0.267. The lowest BCUT2D eigenvalue weighted by atomic mass is 10.1. The van der Waals surface area contributed by atoms with Gasteiger partial charge >= 0.3 is 0 Å². The molecule has 21 heavy (non-hydrogen) atoms. The van der Waals surface area contributed by atoms with E-state index in [1.165, 1.54) is 10.4 Å². The van der Waals surface area contributed by atoms with Crippen molar-refractivity contribution in [2.45, 2.75) is 26.8 Å². The summed E-state index contributed by atoms with van der Waals surface area (Å²) in [6.45, 7) is 4.45. The maximum absolute atomic E-state index is 5.80. The maximum atomic E-state index is 5.80. The van der Waals surface area contributed by atoms with E-state index in [4.69, 9.17) is 5.73 Å². The van der Waals surface area contributed by atoms with Crippen LogP contribution in [0.3, 0.4) is 0 Å². The van der Waals surface area contributed by atoms with Gasteiger partial charge < -0.3 is 5.73 Å². The van der Waals surface area contributed by atoms with Crippen molar-refractivity contribution in [3.63, 3.8) is 0 Å². The van der Waals surface area contributed by atoms with E-state index in [9.17, 15) is 0 Å². The first-order valence-electron chi connectivity index (χ1n) is 6.81. The van der Waals surface area contributed by atoms with Crippen LogP contribution in [0.25, 0.3) is 5.13 Å². The minimum atomic E-state index is 0.380. The molecule has 0 radical (unpaired) electrons. The van der Waals surface area contributed by atoms with Gasteiger partial charge in [-0.2, -0.15) is 4.68 Å². The second kappa shape index (κ2) is 5.75. The van der Waals surface area contributed by atoms with Gasteiger partial charge in [0.1, 0.15) is 5.69 Å². The third-order valence-corrected chi connectivity index (χ3v) is 4.50. The minimum absolute atomic E-state index is 0.380. The Bertz CT molecular complexity index is 725. The number of hydrogen-bond donors (Lipinski definition) is 1. The van der Waals surface area contributed by atoms with Gasteiger partial charge in [0.15, 0.2) is 0 Å². The number of rotatable bonds is 4. The van der Waals surface area contributed by atoms with Crippen molar-refractivity contribution in [1.82, 2.24) is 20.0 Å². The summed E-state index contributed by atoms with van der Waals surface area (Å²) in [6, 6.07) is 10.3. The van der Waals surface area contributed by atoms with Crippen molar-refractivity contribution < 1.29 is 0 Å². The molecular weight excluding hydrogens is 282 g/mol. The summed E-state index contributed by atoms with van der Waals surface area (Å²) < 4.78 is 1.82. The average Bonchev–Trinajstić information content (AvgIpc) is 3.04. The molecule has 0 saturated heterocycles. The molecule has 0 unspecified atom stereocenters. The summed E-state index contributed by atoms with van der Waals surface area (Å²) in [5.41, 5.74) is 9.87. The highest BCUT2D eigenvalue weighted by molar-refractivity contribution is 7.14. The first kappa shape index (κ1) is 13.9. The smallest absolute Gasteiger partial charge is 0.212 e. The number of hydrogen-bond acceptors (Lipinski definition) is 5. The molecule has 2 aromatic heterocycles. The van der Waals surface area contributed by atoms with Crippen molar-refractivity contribution in [1.29, 1.82) is 0 Å². The quantitative estimate of drug-likeness (QED) is 0.803. The molecule has 0 aliphatic rings. The summed E-state index contributed by atoms with van der Waals surface area (Å²) in [6.07, 6.45) is 0.748. The van der Waals surface area contributed by atoms with E-state index >= 15 is 0 Å². The first-order valence-corrected chi connectivity index (χ1v) is 7.62. The van der Waals surface area contributed by atoms with Crippen molar-refractivity contribution in [2.75, 3.05) is 0 Å². The summed E-state index contributed by atoms with van der Waals surface area (Å²) in [5, 5.41) is 9.29. The predicted octanol–water partition coefficient (Wildman–Crippen LogP) is 2.39. The second-order valence-electron chi connectivity index (χ2n) is 4.90. The van der Waals surface area contributed by atoms with E-state index in [0.29, 0.717) is 6.54 Å². The molecule has 3 aromatic rings. The number of thiazole rings is 1. The Labute approximate surface area is 127 Å². The topological polar surface area (TPSA) is 69.6 Å². The zero-order chi connectivity index (χ0) is 14.8. The van der Waals surface area contributed by atoms with Crippen molar-refractivity contribution >= 4 is 11.3 Å². The molecule has 0 aliphatic heterocycles. The fourth-order valence-electron chi connectivity index (χ4n) is 2.16. The summed E-state index contributed by atoms with van der Waals surface area (Å²) in [5.74, 6) is 0. The molecule has 0 bridgehead atoms. The van der Waals surface area contributed by atoms with Gasteiger partial charge in [0.2, 0.25) is 5.13 Å². The van der Waals surface area contributed by atoms with Crippen molar-refractivity contribution in [3.8, 4) is 5.13 Å². The van der Waals surface area contributed by atoms with Gasteiger partial charge in [-0.1, -0.05) is 46.9 Å². The van der Waals surface area contributed by atoms with Gasteiger partial charge in [0, 0.05) is 17.8 Å². The molecule has 5 nitrogen and oxygen atoms in total. The number of nitrogens with zero attached hydrogens (tertiary/aromatic N) is 4. The number of nitrogens with two attached hydrogens (primary N) is 1. The Hall–Kier alpha value is -2.05. The Morgan fingerprint density at radius 2 is 1.95 bits per heavy atom. The number of aryl methyl sites for hydroxylation is 2. The zero-order valence-corrected chi connectivity index (χ0v) is 12.9. The van der Waals surface area contributed by atoms with Gasteiger partial charge in [0.05, 0.1) is 11.4 Å². The van der Waals surface area contributed by atoms with Gasteiger partial charge in [-0.05, 0) is 19.4 Å². The number of aromatic nitrogens is 4. The first-order chi connectivity index (χ1) is 10.2. The Balaban J connectivity index is 2.04. The zero-order valence-electron chi connectivity index (χ0n) is 12.1. The van der Waals surface area contributed by atoms with Gasteiger partial charge in [0.25, 0.3) is 0 Å². The molecular formula is C15H17N5S. The normalized spacial score (nSPS) is 11.0. The van der Waals surface area contributed by atoms with Gasteiger partial charge in [-0.15, -0.1) is 5.10 Å². The lowest BCUT2D eigenvalue weighted by molar-refractivity contribution is 0.764. The number of benzene rings is 1. The average molecular weight is 299 g/mol. The molecule has 2 heterocycles. The highest BCUT2D eigenvalue weighted by Crippen LogP contribution is 2.23. The van der Waals surface area contributed by atoms with E-state index in [-0.39, 0.29) is 0 Å². The van der Waals surface area contributed by atoms with Crippen LogP contribution in [0.5, 0.6) is 0 Å². The molecule has 1 aromatic carbocycles. The van der Waals surface area contributed by atoms with Crippen LogP contribution in [0.2, 0.25) is 0 Å². The van der Waals surface area contributed by atoms with E-state index in [1.807, 2.05) is 29.8 Å². The predicted molar refractivity (Wildman–Crippen MR) is 83.6 cm³/mol. The molecule has 3 rings (SSSR count). The van der Waals surface area contributed by atoms with Crippen LogP contribution in [0.1, 0.15) is 27.5 Å². The van der Waals surface area contributed by atoms with Crippen LogP contribution >= 0.6 is 11.3 Å². The lowest BCUT2D eigenvalue weighted by Gasteiger charge is -2.05. The molecule has 0 saturated carbocycles. The molecule has 6 heteroatoms. The highest BCUT2D eigenvalue weighted by atomic mass is 32.1. The monoisotopic (exact) mass is 299 g/mol. The molecule has 0 amide bonds. The minimum Gasteiger partial charge on any atom is -0.325 e. The van der Waals surface area contributed by atoms with Crippen LogP contribution in [-0.2, 0) is 13.0 Å². The van der Waals surface area contributed by atoms with Gasteiger partial charge in [-0.25, -0.2) is 4.98 Å². The van der Waals surface area contributed by atoms with Gasteiger partial charge in [-0.3, -0.25) is 0 Å². The fourth-order valence-corrected chi connectivity index (χ4v) is 3.04. The van der Waals surface area contributed by atoms with E-state index in [2.05, 4.69) is 34.4 Å². The highest BCUT2D eigenvalue weighted by Gasteiger charge is 2.16. The summed E-state index contributed by atoms with van der Waals surface area (Å²) in [7, 11) is 0. The molecule has 0 atom stereocenters. The Morgan fingerprint density at radius 3 is 2.57 bits per heavy atom. The van der Waals surface area contributed by atoms with Crippen molar-refractivity contribution in [3.05, 3.63) is 57.9 Å². The van der Waals surface area contributed by atoms with Crippen LogP contribution in [0, 0.1) is 13.8 Å². The van der Waals surface area contributed by atoms with Crippen LogP contribution < -0.4 is 5.73 Å². The van der Waals surface area contributed by atoms with E-state index in [1.54, 1.807) is 11.3 Å². The third kappa shape index (κ3) is 2.72.